The Morgan fingerprint density at radius 2 is 2.00 bits per heavy atom. The molecule has 0 atom stereocenters. The van der Waals surface area contributed by atoms with Crippen LogP contribution >= 0.6 is 11.6 Å². The first-order chi connectivity index (χ1) is 9.33. The van der Waals surface area contributed by atoms with Gasteiger partial charge in [-0.1, -0.05) is 30.3 Å². The van der Waals surface area contributed by atoms with Crippen LogP contribution < -0.4 is 0 Å². The van der Waals surface area contributed by atoms with Crippen molar-refractivity contribution in [1.82, 2.24) is 19.7 Å². The topological polar surface area (TPSA) is 34.0 Å². The van der Waals surface area contributed by atoms with E-state index in [1.54, 1.807) is 6.33 Å². The first kappa shape index (κ1) is 14.0. The molecular formula is C14H19ClN4. The van der Waals surface area contributed by atoms with E-state index in [-0.39, 0.29) is 0 Å². The highest BCUT2D eigenvalue weighted by molar-refractivity contribution is 6.18. The zero-order valence-corrected chi connectivity index (χ0v) is 11.9. The van der Waals surface area contributed by atoms with E-state index in [0.717, 1.165) is 32.0 Å². The van der Waals surface area contributed by atoms with Gasteiger partial charge in [0.2, 0.25) is 0 Å². The molecule has 5 heteroatoms. The van der Waals surface area contributed by atoms with Crippen LogP contribution in [0.2, 0.25) is 0 Å². The molecule has 0 radical (unpaired) electrons. The Balaban J connectivity index is 2.04. The van der Waals surface area contributed by atoms with Crippen molar-refractivity contribution in [3.8, 4) is 0 Å². The molecule has 0 aliphatic rings. The average Bonchev–Trinajstić information content (AvgIpc) is 2.87. The predicted molar refractivity (Wildman–Crippen MR) is 77.0 cm³/mol. The Hall–Kier alpha value is -1.39. The Bertz CT molecular complexity index is 483. The summed E-state index contributed by atoms with van der Waals surface area (Å²) in [7, 11) is 0. The minimum absolute atomic E-state index is 0.618. The van der Waals surface area contributed by atoms with Crippen molar-refractivity contribution in [1.29, 1.82) is 0 Å². The van der Waals surface area contributed by atoms with Gasteiger partial charge in [-0.15, -0.1) is 11.6 Å². The number of rotatable bonds is 7. The number of hydrogen-bond donors (Lipinski definition) is 0. The van der Waals surface area contributed by atoms with Crippen LogP contribution in [0.15, 0.2) is 36.7 Å². The third kappa shape index (κ3) is 4.04. The quantitative estimate of drug-likeness (QED) is 0.730. The van der Waals surface area contributed by atoms with Crippen LogP contribution in [0.5, 0.6) is 0 Å². The molecule has 2 rings (SSSR count). The molecule has 19 heavy (non-hydrogen) atoms. The number of hydrogen-bond acceptors (Lipinski definition) is 3. The Labute approximate surface area is 119 Å². The molecule has 0 saturated carbocycles. The number of benzene rings is 1. The number of alkyl halides is 1. The van der Waals surface area contributed by atoms with Crippen molar-refractivity contribution >= 4 is 11.6 Å². The summed E-state index contributed by atoms with van der Waals surface area (Å²) in [5.41, 5.74) is 1.29. The molecule has 0 amide bonds. The van der Waals surface area contributed by atoms with Crippen molar-refractivity contribution in [2.75, 3.05) is 12.4 Å². The Kier molecular flexibility index (Phi) is 5.36. The Morgan fingerprint density at radius 3 is 2.68 bits per heavy atom. The van der Waals surface area contributed by atoms with Crippen LogP contribution in [0.1, 0.15) is 18.3 Å². The maximum atomic E-state index is 5.89. The van der Waals surface area contributed by atoms with Gasteiger partial charge in [0.05, 0.1) is 6.54 Å². The number of halogens is 1. The van der Waals surface area contributed by atoms with E-state index in [0.29, 0.717) is 5.88 Å². The van der Waals surface area contributed by atoms with E-state index >= 15 is 0 Å². The third-order valence-corrected chi connectivity index (χ3v) is 3.18. The summed E-state index contributed by atoms with van der Waals surface area (Å²) in [5.74, 6) is 1.61. The van der Waals surface area contributed by atoms with Gasteiger partial charge in [-0.2, -0.15) is 5.10 Å². The molecule has 0 N–H and O–H groups in total. The van der Waals surface area contributed by atoms with Gasteiger partial charge < -0.3 is 0 Å². The number of aromatic nitrogens is 3. The number of nitrogens with zero attached hydrogens (tertiary/aromatic N) is 4. The third-order valence-electron chi connectivity index (χ3n) is 3.01. The molecule has 1 heterocycles. The van der Waals surface area contributed by atoms with E-state index in [2.05, 4.69) is 46.2 Å². The first-order valence-corrected chi connectivity index (χ1v) is 7.06. The fourth-order valence-electron chi connectivity index (χ4n) is 2.05. The summed E-state index contributed by atoms with van der Waals surface area (Å²) >= 11 is 5.89. The summed E-state index contributed by atoms with van der Waals surface area (Å²) in [6.45, 7) is 5.41. The van der Waals surface area contributed by atoms with Crippen molar-refractivity contribution in [2.45, 2.75) is 26.6 Å². The second-order valence-corrected chi connectivity index (χ2v) is 4.76. The second kappa shape index (κ2) is 7.26. The highest BCUT2D eigenvalue weighted by Gasteiger charge is 2.10. The summed E-state index contributed by atoms with van der Waals surface area (Å²) in [6, 6.07) is 10.4. The normalized spacial score (nSPS) is 11.1. The molecule has 0 saturated heterocycles. The molecule has 0 unspecified atom stereocenters. The van der Waals surface area contributed by atoms with Crippen molar-refractivity contribution < 1.29 is 0 Å². The van der Waals surface area contributed by atoms with Gasteiger partial charge in [-0.3, -0.25) is 4.90 Å². The molecule has 0 aliphatic heterocycles. The zero-order chi connectivity index (χ0) is 13.5. The second-order valence-electron chi connectivity index (χ2n) is 4.38. The van der Waals surface area contributed by atoms with E-state index in [1.165, 1.54) is 5.56 Å². The van der Waals surface area contributed by atoms with Crippen molar-refractivity contribution in [3.63, 3.8) is 0 Å². The minimum Gasteiger partial charge on any atom is -0.290 e. The summed E-state index contributed by atoms with van der Waals surface area (Å²) < 4.78 is 1.92. The standard InChI is InChI=1S/C14H19ClN4/c1-2-19-14(16-12-17-19)11-18(9-8-15)10-13-6-4-3-5-7-13/h3-7,12H,2,8-11H2,1H3. The number of aryl methyl sites for hydroxylation is 1. The SMILES string of the molecule is CCn1ncnc1CN(CCCl)Cc1ccccc1. The first-order valence-electron chi connectivity index (χ1n) is 6.52. The van der Waals surface area contributed by atoms with E-state index in [4.69, 9.17) is 11.6 Å². The van der Waals surface area contributed by atoms with Gasteiger partial charge >= 0.3 is 0 Å². The molecule has 0 spiro atoms. The average molecular weight is 279 g/mol. The molecule has 0 aliphatic carbocycles. The van der Waals surface area contributed by atoms with Gasteiger partial charge in [-0.25, -0.2) is 9.67 Å². The molecule has 102 valence electrons. The van der Waals surface area contributed by atoms with Crippen molar-refractivity contribution in [3.05, 3.63) is 48.0 Å². The summed E-state index contributed by atoms with van der Waals surface area (Å²) in [5, 5.41) is 4.20. The van der Waals surface area contributed by atoms with Crippen LogP contribution in [0, 0.1) is 0 Å². The summed E-state index contributed by atoms with van der Waals surface area (Å²) in [6.07, 6.45) is 1.61. The largest absolute Gasteiger partial charge is 0.290 e. The predicted octanol–water partition coefficient (Wildman–Crippen LogP) is 2.54. The van der Waals surface area contributed by atoms with E-state index in [9.17, 15) is 0 Å². The molecule has 1 aromatic heterocycles. The van der Waals surface area contributed by atoms with Crippen molar-refractivity contribution in [2.24, 2.45) is 0 Å². The minimum atomic E-state index is 0.618. The van der Waals surface area contributed by atoms with Gasteiger partial charge in [0.15, 0.2) is 0 Å². The smallest absolute Gasteiger partial charge is 0.141 e. The van der Waals surface area contributed by atoms with Gasteiger partial charge in [-0.05, 0) is 12.5 Å². The van der Waals surface area contributed by atoms with Crippen LogP contribution in [0.25, 0.3) is 0 Å². The monoisotopic (exact) mass is 278 g/mol. The molecule has 2 aromatic rings. The highest BCUT2D eigenvalue weighted by Crippen LogP contribution is 2.08. The lowest BCUT2D eigenvalue weighted by Crippen LogP contribution is -2.26. The molecular weight excluding hydrogens is 260 g/mol. The van der Waals surface area contributed by atoms with E-state index in [1.807, 2.05) is 10.7 Å². The molecule has 1 aromatic carbocycles. The lowest BCUT2D eigenvalue weighted by atomic mass is 10.2. The fourth-order valence-corrected chi connectivity index (χ4v) is 2.29. The van der Waals surface area contributed by atoms with Gasteiger partial charge in [0, 0.05) is 25.5 Å². The molecule has 0 bridgehead atoms. The van der Waals surface area contributed by atoms with Gasteiger partial charge in [0.1, 0.15) is 12.2 Å². The maximum Gasteiger partial charge on any atom is 0.141 e. The van der Waals surface area contributed by atoms with E-state index < -0.39 is 0 Å². The van der Waals surface area contributed by atoms with Crippen LogP contribution in [-0.4, -0.2) is 32.1 Å². The summed E-state index contributed by atoms with van der Waals surface area (Å²) in [4.78, 5) is 6.61. The molecule has 0 fully saturated rings. The zero-order valence-electron chi connectivity index (χ0n) is 11.2. The van der Waals surface area contributed by atoms with Gasteiger partial charge in [0.25, 0.3) is 0 Å². The lowest BCUT2D eigenvalue weighted by Gasteiger charge is -2.20. The Morgan fingerprint density at radius 1 is 1.21 bits per heavy atom. The van der Waals surface area contributed by atoms with Crippen LogP contribution in [0.4, 0.5) is 0 Å². The maximum absolute atomic E-state index is 5.89. The fraction of sp³-hybridized carbons (Fsp3) is 0.429. The van der Waals surface area contributed by atoms with Crippen LogP contribution in [0.3, 0.4) is 0 Å². The lowest BCUT2D eigenvalue weighted by molar-refractivity contribution is 0.260. The highest BCUT2D eigenvalue weighted by atomic mass is 35.5. The molecule has 4 nitrogen and oxygen atoms in total. The van der Waals surface area contributed by atoms with Crippen LogP contribution in [-0.2, 0) is 19.6 Å².